The van der Waals surface area contributed by atoms with Crippen molar-refractivity contribution in [2.45, 2.75) is 140 Å². The molecule has 3 rings (SSSR count). The van der Waals surface area contributed by atoms with Gasteiger partial charge in [-0.25, -0.2) is 19.0 Å². The number of aromatic nitrogens is 4. The molecule has 0 aliphatic heterocycles. The largest absolute Gasteiger partial charge is 0.472 e. The van der Waals surface area contributed by atoms with Crippen LogP contribution in [0.3, 0.4) is 0 Å². The van der Waals surface area contributed by atoms with E-state index in [9.17, 15) is 19.8 Å². The number of unbranched alkanes of at least 4 members (excludes halogenated alkanes) is 15. The minimum absolute atomic E-state index is 0.0840. The van der Waals surface area contributed by atoms with Crippen molar-refractivity contribution in [3.63, 3.8) is 0 Å². The lowest BCUT2D eigenvalue weighted by Crippen LogP contribution is -2.48. The SMILES string of the molecule is CCCCCCCCCCCCCCCCCCOC[C@H](COP(=O)(O)OC[C@@](C#N)(OC)[C@@H](O)Cc1ccc2c(N)ncnn12)OCc1ccc(C#N)nc1. The Labute approximate surface area is 332 Å². The summed E-state index contributed by atoms with van der Waals surface area (Å²) in [5.41, 5.74) is 5.84. The van der Waals surface area contributed by atoms with Crippen molar-refractivity contribution in [1.29, 1.82) is 10.5 Å². The summed E-state index contributed by atoms with van der Waals surface area (Å²) in [4.78, 5) is 18.6. The van der Waals surface area contributed by atoms with Gasteiger partial charge in [-0.2, -0.15) is 15.6 Å². The van der Waals surface area contributed by atoms with Crippen LogP contribution in [0.5, 0.6) is 0 Å². The lowest BCUT2D eigenvalue weighted by atomic mass is 9.95. The summed E-state index contributed by atoms with van der Waals surface area (Å²) in [6.07, 6.45) is 20.8. The Morgan fingerprint density at radius 1 is 0.893 bits per heavy atom. The van der Waals surface area contributed by atoms with Crippen molar-refractivity contribution in [3.8, 4) is 12.1 Å². The van der Waals surface area contributed by atoms with Gasteiger partial charge in [0, 0.05) is 32.0 Å². The number of phosphoric ester groups is 1. The van der Waals surface area contributed by atoms with Crippen LogP contribution in [-0.2, 0) is 40.9 Å². The highest BCUT2D eigenvalue weighted by Gasteiger charge is 2.42. The number of fused-ring (bicyclic) bond motifs is 1. The number of methoxy groups -OCH3 is 1. The maximum Gasteiger partial charge on any atom is 0.472 e. The number of anilines is 1. The van der Waals surface area contributed by atoms with Gasteiger partial charge >= 0.3 is 7.82 Å². The number of nitrogens with zero attached hydrogens (tertiary/aromatic N) is 6. The number of ether oxygens (including phenoxy) is 3. The van der Waals surface area contributed by atoms with Crippen molar-refractivity contribution < 1.29 is 37.8 Å². The monoisotopic (exact) mass is 799 g/mol. The average molecular weight is 800 g/mol. The van der Waals surface area contributed by atoms with Crippen molar-refractivity contribution in [2.75, 3.05) is 39.3 Å². The molecule has 56 heavy (non-hydrogen) atoms. The number of aliphatic hydroxyl groups excluding tert-OH is 1. The molecule has 0 aliphatic carbocycles. The van der Waals surface area contributed by atoms with E-state index < -0.39 is 32.2 Å². The Morgan fingerprint density at radius 2 is 1.54 bits per heavy atom. The van der Waals surface area contributed by atoms with Crippen LogP contribution in [0, 0.1) is 22.7 Å². The summed E-state index contributed by atoms with van der Waals surface area (Å²) < 4.78 is 42.2. The quantitative estimate of drug-likeness (QED) is 0.0414. The van der Waals surface area contributed by atoms with E-state index in [0.717, 1.165) is 19.3 Å². The highest BCUT2D eigenvalue weighted by molar-refractivity contribution is 7.47. The third-order valence-corrected chi connectivity index (χ3v) is 10.7. The molecule has 4 N–H and O–H groups in total. The number of pyridine rings is 1. The molecule has 3 heterocycles. The normalized spacial score (nSPS) is 14.8. The molecule has 3 aromatic rings. The fourth-order valence-electron chi connectivity index (χ4n) is 6.26. The minimum Gasteiger partial charge on any atom is -0.388 e. The molecule has 0 saturated carbocycles. The summed E-state index contributed by atoms with van der Waals surface area (Å²) in [6.45, 7) is 1.77. The van der Waals surface area contributed by atoms with E-state index in [1.54, 1.807) is 24.3 Å². The summed E-state index contributed by atoms with van der Waals surface area (Å²) in [6, 6.07) is 10.5. The molecular weight excluding hydrogens is 737 g/mol. The predicted molar refractivity (Wildman–Crippen MR) is 212 cm³/mol. The number of hydrogen-bond donors (Lipinski definition) is 3. The Hall–Kier alpha value is -3.50. The number of nitrogens with two attached hydrogens (primary N) is 1. The molecule has 0 bridgehead atoms. The number of aliphatic hydroxyl groups is 1. The number of hydrogen-bond acceptors (Lipinski definition) is 13. The van der Waals surface area contributed by atoms with Gasteiger partial charge in [0.1, 0.15) is 48.5 Å². The summed E-state index contributed by atoms with van der Waals surface area (Å²) in [5, 5.41) is 34.3. The molecular formula is C40H62N7O8P. The molecule has 1 unspecified atom stereocenters. The first-order valence-electron chi connectivity index (χ1n) is 20.0. The first-order valence-corrected chi connectivity index (χ1v) is 21.5. The van der Waals surface area contributed by atoms with E-state index in [-0.39, 0.29) is 37.8 Å². The number of phosphoric acid groups is 1. The maximum absolute atomic E-state index is 13.0. The Balaban J connectivity index is 1.41. The minimum atomic E-state index is -4.78. The fourth-order valence-corrected chi connectivity index (χ4v) is 7.05. The van der Waals surface area contributed by atoms with Gasteiger partial charge in [-0.1, -0.05) is 109 Å². The van der Waals surface area contributed by atoms with Gasteiger partial charge in [0.2, 0.25) is 5.60 Å². The number of nitriles is 2. The maximum atomic E-state index is 13.0. The summed E-state index contributed by atoms with van der Waals surface area (Å²) in [7, 11) is -3.59. The average Bonchev–Trinajstić information content (AvgIpc) is 3.62. The van der Waals surface area contributed by atoms with Crippen LogP contribution < -0.4 is 5.73 Å². The lowest BCUT2D eigenvalue weighted by Gasteiger charge is -2.30. The molecule has 3 aromatic heterocycles. The van der Waals surface area contributed by atoms with E-state index in [2.05, 4.69) is 22.0 Å². The molecule has 16 heteroatoms. The third-order valence-electron chi connectivity index (χ3n) is 9.79. The van der Waals surface area contributed by atoms with Crippen molar-refractivity contribution in [1.82, 2.24) is 19.6 Å². The molecule has 0 amide bonds. The standard InChI is InChI=1S/C40H62N7O8P/c1-3-4-5-6-7-8-9-10-11-12-13-14-15-16-17-18-23-52-28-36(53-27-33-19-20-34(25-41)44-26-33)29-54-56(49,50)55-31-40(30-42,51-2)38(48)24-35-21-22-37-39(43)45-32-46-47(35)37/h19-22,26,32,36,38,48H,3-18,23-24,27-29,31H2,1-2H3,(H,49,50)(H2,43,45,46)/t36-,38+,40-/m1/s1. The van der Waals surface area contributed by atoms with Gasteiger partial charge in [-0.15, -0.1) is 0 Å². The Morgan fingerprint density at radius 3 is 2.11 bits per heavy atom. The second-order valence-electron chi connectivity index (χ2n) is 14.2. The first-order chi connectivity index (χ1) is 27.2. The molecule has 0 spiro atoms. The van der Waals surface area contributed by atoms with Gasteiger partial charge in [0.05, 0.1) is 19.8 Å². The van der Waals surface area contributed by atoms with Crippen LogP contribution in [0.4, 0.5) is 5.82 Å². The third kappa shape index (κ3) is 16.9. The van der Waals surface area contributed by atoms with E-state index in [1.165, 1.54) is 108 Å². The molecule has 0 aliphatic rings. The lowest BCUT2D eigenvalue weighted by molar-refractivity contribution is -0.0928. The van der Waals surface area contributed by atoms with Crippen LogP contribution in [0.2, 0.25) is 0 Å². The zero-order valence-corrected chi connectivity index (χ0v) is 34.1. The van der Waals surface area contributed by atoms with E-state index in [1.807, 2.05) is 12.1 Å². The molecule has 0 saturated heterocycles. The van der Waals surface area contributed by atoms with Crippen LogP contribution in [-0.4, -0.2) is 80.9 Å². The molecule has 0 aromatic carbocycles. The topological polar surface area (TPSA) is 220 Å². The second kappa shape index (κ2) is 26.4. The fraction of sp³-hybridized carbons (Fsp3) is 0.675. The van der Waals surface area contributed by atoms with Crippen LogP contribution in [0.1, 0.15) is 127 Å². The smallest absolute Gasteiger partial charge is 0.388 e. The summed E-state index contributed by atoms with van der Waals surface area (Å²) in [5.74, 6) is 0.238. The Bertz CT molecular complexity index is 1660. The predicted octanol–water partition coefficient (Wildman–Crippen LogP) is 7.39. The van der Waals surface area contributed by atoms with Crippen molar-refractivity contribution >= 4 is 19.2 Å². The van der Waals surface area contributed by atoms with Crippen molar-refractivity contribution in [3.05, 3.63) is 53.7 Å². The highest BCUT2D eigenvalue weighted by atomic mass is 31.2. The van der Waals surface area contributed by atoms with Gasteiger partial charge in [0.25, 0.3) is 0 Å². The first kappa shape index (κ1) is 46.9. The van der Waals surface area contributed by atoms with E-state index in [0.29, 0.717) is 23.4 Å². The van der Waals surface area contributed by atoms with Crippen molar-refractivity contribution in [2.24, 2.45) is 0 Å². The molecule has 310 valence electrons. The van der Waals surface area contributed by atoms with E-state index in [4.69, 9.17) is 34.3 Å². The van der Waals surface area contributed by atoms with Gasteiger partial charge in [-0.3, -0.25) is 9.05 Å². The summed E-state index contributed by atoms with van der Waals surface area (Å²) >= 11 is 0. The number of rotatable bonds is 32. The molecule has 0 radical (unpaired) electrons. The van der Waals surface area contributed by atoms with Gasteiger partial charge in [0.15, 0.2) is 5.82 Å². The second-order valence-corrected chi connectivity index (χ2v) is 15.7. The molecule has 4 atom stereocenters. The molecule has 15 nitrogen and oxygen atoms in total. The highest BCUT2D eigenvalue weighted by Crippen LogP contribution is 2.44. The Kier molecular flexibility index (Phi) is 22.1. The zero-order chi connectivity index (χ0) is 40.5. The number of nitrogen functional groups attached to an aromatic ring is 1. The zero-order valence-electron chi connectivity index (χ0n) is 33.2. The van der Waals surface area contributed by atoms with Gasteiger partial charge < -0.3 is 29.9 Å². The van der Waals surface area contributed by atoms with Crippen LogP contribution in [0.15, 0.2) is 36.8 Å². The van der Waals surface area contributed by atoms with Gasteiger partial charge in [-0.05, 0) is 30.2 Å². The van der Waals surface area contributed by atoms with Crippen LogP contribution >= 0.6 is 7.82 Å². The van der Waals surface area contributed by atoms with E-state index >= 15 is 0 Å². The molecule has 0 fully saturated rings. The van der Waals surface area contributed by atoms with Crippen LogP contribution in [0.25, 0.3) is 5.52 Å².